The third-order valence-electron chi connectivity index (χ3n) is 6.73. The van der Waals surface area contributed by atoms with Gasteiger partial charge in [0.25, 0.3) is 5.56 Å². The molecular formula is C27H26ClN3O4S. The number of fused-ring (bicyclic) bond motifs is 4. The fraction of sp³-hybridized carbons (Fsp3) is 0.259. The van der Waals surface area contributed by atoms with Crippen LogP contribution in [0.25, 0.3) is 12.2 Å². The third kappa shape index (κ3) is 4.89. The molecule has 0 aliphatic carbocycles. The highest BCUT2D eigenvalue weighted by Gasteiger charge is 2.40. The van der Waals surface area contributed by atoms with Crippen molar-refractivity contribution in [2.75, 3.05) is 18.4 Å². The molecule has 1 N–H and O–H groups in total. The van der Waals surface area contributed by atoms with Crippen LogP contribution in [-0.4, -0.2) is 36.3 Å². The summed E-state index contributed by atoms with van der Waals surface area (Å²) in [6, 6.07) is 17.1. The van der Waals surface area contributed by atoms with Crippen LogP contribution in [0.15, 0.2) is 70.4 Å². The van der Waals surface area contributed by atoms with Gasteiger partial charge in [0.1, 0.15) is 0 Å². The van der Waals surface area contributed by atoms with Crippen molar-refractivity contribution in [1.82, 2.24) is 8.87 Å². The minimum absolute atomic E-state index is 0.0536. The second kappa shape index (κ2) is 9.69. The van der Waals surface area contributed by atoms with E-state index in [0.29, 0.717) is 30.3 Å². The number of nitrogens with one attached hydrogen (secondary N) is 1. The lowest BCUT2D eigenvalue weighted by Gasteiger charge is -2.42. The number of sulfonamides is 1. The first-order valence-corrected chi connectivity index (χ1v) is 13.6. The quantitative estimate of drug-likeness (QED) is 0.535. The Balaban J connectivity index is 1.44. The molecule has 7 nitrogen and oxygen atoms in total. The van der Waals surface area contributed by atoms with E-state index in [0.717, 1.165) is 23.2 Å². The van der Waals surface area contributed by atoms with Crippen molar-refractivity contribution in [3.05, 3.63) is 92.9 Å². The number of pyridine rings is 1. The molecule has 186 valence electrons. The Bertz CT molecular complexity index is 1500. The van der Waals surface area contributed by atoms with Crippen molar-refractivity contribution in [3.8, 4) is 0 Å². The Kier molecular flexibility index (Phi) is 6.59. The lowest BCUT2D eigenvalue weighted by atomic mass is 9.82. The number of carbonyl (C=O) groups excluding carboxylic acids is 1. The molecule has 2 bridgehead atoms. The van der Waals surface area contributed by atoms with Gasteiger partial charge in [-0.3, -0.25) is 9.59 Å². The number of anilines is 1. The zero-order chi connectivity index (χ0) is 25.4. The zero-order valence-corrected chi connectivity index (χ0v) is 21.3. The summed E-state index contributed by atoms with van der Waals surface area (Å²) in [5.41, 5.74) is 3.25. The van der Waals surface area contributed by atoms with E-state index >= 15 is 0 Å². The first-order chi connectivity index (χ1) is 17.2. The SMILES string of the molecule is CC(=O)Nc1ccc(S(=O)(=O)N2C[C@H]3C[C@H](C2)c2c(C=Cc4ccc(Cl)cc4)ccc(=O)n2C3)cc1. The summed E-state index contributed by atoms with van der Waals surface area (Å²) in [4.78, 5) is 24.2. The van der Waals surface area contributed by atoms with Gasteiger partial charge >= 0.3 is 0 Å². The standard InChI is InChI=1S/C27H26ClN3O4S/c1-18(32)29-24-9-11-25(12-10-24)36(34,35)30-15-20-14-22(17-30)27-21(6-13-26(33)31(27)16-20)5-2-19-3-7-23(28)8-4-19/h2-13,20,22H,14-17H2,1H3,(H,29,32)/t20-,22-/m1/s1. The van der Waals surface area contributed by atoms with Crippen LogP contribution >= 0.6 is 11.6 Å². The molecule has 0 saturated carbocycles. The van der Waals surface area contributed by atoms with Gasteiger partial charge in [0, 0.05) is 54.9 Å². The molecule has 1 amide bonds. The minimum atomic E-state index is -3.73. The Hall–Kier alpha value is -3.20. The van der Waals surface area contributed by atoms with Gasteiger partial charge in [-0.05, 0) is 65.9 Å². The second-order valence-electron chi connectivity index (χ2n) is 9.33. The highest BCUT2D eigenvalue weighted by molar-refractivity contribution is 7.89. The van der Waals surface area contributed by atoms with Crippen LogP contribution in [0, 0.1) is 5.92 Å². The Morgan fingerprint density at radius 2 is 1.69 bits per heavy atom. The third-order valence-corrected chi connectivity index (χ3v) is 8.82. The molecule has 5 rings (SSSR count). The smallest absolute Gasteiger partial charge is 0.250 e. The second-order valence-corrected chi connectivity index (χ2v) is 11.7. The first kappa shape index (κ1) is 24.5. The molecule has 1 fully saturated rings. The number of carbonyl (C=O) groups is 1. The van der Waals surface area contributed by atoms with Crippen LogP contribution in [0.1, 0.15) is 36.1 Å². The number of rotatable bonds is 5. The van der Waals surface area contributed by atoms with Crippen molar-refractivity contribution in [1.29, 1.82) is 0 Å². The molecule has 2 aliphatic rings. The number of nitrogens with zero attached hydrogens (tertiary/aromatic N) is 2. The van der Waals surface area contributed by atoms with E-state index in [1.54, 1.807) is 18.2 Å². The van der Waals surface area contributed by atoms with Gasteiger partial charge < -0.3 is 9.88 Å². The highest BCUT2D eigenvalue weighted by atomic mass is 35.5. The van der Waals surface area contributed by atoms with Crippen LogP contribution in [0.3, 0.4) is 0 Å². The molecule has 0 unspecified atom stereocenters. The van der Waals surface area contributed by atoms with Crippen LogP contribution in [-0.2, 0) is 21.4 Å². The molecule has 1 saturated heterocycles. The van der Waals surface area contributed by atoms with Crippen LogP contribution in [0.5, 0.6) is 0 Å². The van der Waals surface area contributed by atoms with Crippen molar-refractivity contribution in [2.24, 2.45) is 5.92 Å². The van der Waals surface area contributed by atoms with Gasteiger partial charge in [0.2, 0.25) is 15.9 Å². The van der Waals surface area contributed by atoms with Crippen molar-refractivity contribution < 1.29 is 13.2 Å². The van der Waals surface area contributed by atoms with Crippen LogP contribution in [0.4, 0.5) is 5.69 Å². The summed E-state index contributed by atoms with van der Waals surface area (Å²) in [6.07, 6.45) is 4.78. The maximum Gasteiger partial charge on any atom is 0.250 e. The van der Waals surface area contributed by atoms with E-state index in [1.807, 2.05) is 47.1 Å². The van der Waals surface area contributed by atoms with Gasteiger partial charge in [-0.2, -0.15) is 4.31 Å². The van der Waals surface area contributed by atoms with E-state index in [2.05, 4.69) is 5.32 Å². The Morgan fingerprint density at radius 3 is 2.39 bits per heavy atom. The van der Waals surface area contributed by atoms with E-state index in [4.69, 9.17) is 11.6 Å². The lowest BCUT2D eigenvalue weighted by Crippen LogP contribution is -2.49. The Labute approximate surface area is 215 Å². The topological polar surface area (TPSA) is 88.5 Å². The largest absolute Gasteiger partial charge is 0.326 e. The van der Waals surface area contributed by atoms with Crippen LogP contribution in [0.2, 0.25) is 5.02 Å². The number of halogens is 1. The number of piperidine rings is 1. The molecule has 0 radical (unpaired) electrons. The summed E-state index contributed by atoms with van der Waals surface area (Å²) < 4.78 is 30.3. The summed E-state index contributed by atoms with van der Waals surface area (Å²) in [7, 11) is -3.73. The van der Waals surface area contributed by atoms with Crippen molar-refractivity contribution >= 4 is 45.4 Å². The fourth-order valence-corrected chi connectivity index (χ4v) is 6.85. The van der Waals surface area contributed by atoms with Gasteiger partial charge in [0.05, 0.1) is 4.90 Å². The molecule has 36 heavy (non-hydrogen) atoms. The summed E-state index contributed by atoms with van der Waals surface area (Å²) in [6.45, 7) is 2.56. The molecule has 1 aromatic heterocycles. The molecule has 2 atom stereocenters. The van der Waals surface area contributed by atoms with Crippen molar-refractivity contribution in [3.63, 3.8) is 0 Å². The van der Waals surface area contributed by atoms with E-state index in [-0.39, 0.29) is 28.2 Å². The van der Waals surface area contributed by atoms with Crippen LogP contribution < -0.4 is 10.9 Å². The van der Waals surface area contributed by atoms with Crippen molar-refractivity contribution in [2.45, 2.75) is 30.7 Å². The molecule has 3 heterocycles. The fourth-order valence-electron chi connectivity index (χ4n) is 5.16. The molecule has 3 aromatic rings. The maximum absolute atomic E-state index is 13.5. The lowest BCUT2D eigenvalue weighted by molar-refractivity contribution is -0.114. The van der Waals surface area contributed by atoms with Gasteiger partial charge in [-0.1, -0.05) is 35.9 Å². The van der Waals surface area contributed by atoms with E-state index < -0.39 is 10.0 Å². The molecule has 9 heteroatoms. The summed E-state index contributed by atoms with van der Waals surface area (Å²) in [5, 5.41) is 3.31. The van der Waals surface area contributed by atoms with Gasteiger partial charge in [-0.25, -0.2) is 8.42 Å². The van der Waals surface area contributed by atoms with Gasteiger partial charge in [0.15, 0.2) is 0 Å². The number of benzene rings is 2. The molecule has 2 aliphatic heterocycles. The predicted molar refractivity (Wildman–Crippen MR) is 141 cm³/mol. The molecule has 0 spiro atoms. The monoisotopic (exact) mass is 523 g/mol. The summed E-state index contributed by atoms with van der Waals surface area (Å²) >= 11 is 5.99. The van der Waals surface area contributed by atoms with E-state index in [1.165, 1.54) is 23.4 Å². The number of hydrogen-bond acceptors (Lipinski definition) is 4. The maximum atomic E-state index is 13.5. The Morgan fingerprint density at radius 1 is 0.972 bits per heavy atom. The number of aromatic nitrogens is 1. The first-order valence-electron chi connectivity index (χ1n) is 11.8. The molecule has 2 aromatic carbocycles. The average Bonchev–Trinajstić information content (AvgIpc) is 2.85. The number of hydrogen-bond donors (Lipinski definition) is 1. The van der Waals surface area contributed by atoms with E-state index in [9.17, 15) is 18.0 Å². The highest BCUT2D eigenvalue weighted by Crippen LogP contribution is 2.39. The van der Waals surface area contributed by atoms with Gasteiger partial charge in [-0.15, -0.1) is 0 Å². The summed E-state index contributed by atoms with van der Waals surface area (Å²) in [5.74, 6) is -0.258. The zero-order valence-electron chi connectivity index (χ0n) is 19.7. The predicted octanol–water partition coefficient (Wildman–Crippen LogP) is 4.44. The minimum Gasteiger partial charge on any atom is -0.326 e. The number of amides is 1. The normalized spacial score (nSPS) is 19.7. The average molecular weight is 524 g/mol. The molecular weight excluding hydrogens is 498 g/mol.